The zero-order chi connectivity index (χ0) is 17.7. The maximum atomic E-state index is 5.57. The topological polar surface area (TPSA) is 35.0 Å². The summed E-state index contributed by atoms with van der Waals surface area (Å²) in [6, 6.07) is 11.8. The van der Waals surface area contributed by atoms with Crippen molar-refractivity contribution in [3.63, 3.8) is 0 Å². The van der Waals surface area contributed by atoms with E-state index in [2.05, 4.69) is 35.9 Å². The molecule has 2 rings (SSSR count). The first kappa shape index (κ1) is 19.0. The molecule has 25 heavy (non-hydrogen) atoms. The Labute approximate surface area is 151 Å². The highest BCUT2D eigenvalue weighted by Gasteiger charge is 1.97. The summed E-state index contributed by atoms with van der Waals surface area (Å²) < 4.78 is 5.57. The zero-order valence-corrected chi connectivity index (χ0v) is 15.4. The third kappa shape index (κ3) is 7.39. The van der Waals surface area contributed by atoms with Gasteiger partial charge in [-0.2, -0.15) is 5.10 Å². The van der Waals surface area contributed by atoms with Gasteiger partial charge in [0.25, 0.3) is 0 Å². The summed E-state index contributed by atoms with van der Waals surface area (Å²) in [6.45, 7) is 5.07. The van der Waals surface area contributed by atoms with Gasteiger partial charge in [0.05, 0.1) is 12.3 Å². The fourth-order valence-electron chi connectivity index (χ4n) is 2.46. The van der Waals surface area contributed by atoms with Gasteiger partial charge in [-0.05, 0) is 61.6 Å². The van der Waals surface area contributed by atoms with E-state index in [-0.39, 0.29) is 0 Å². The summed E-state index contributed by atoms with van der Waals surface area (Å²) in [5.41, 5.74) is 2.71. The number of unbranched alkanes of at least 4 members (excludes halogenated alkanes) is 4. The van der Waals surface area contributed by atoms with Crippen LogP contribution in [0.25, 0.3) is 0 Å². The molecule has 1 aromatic carbocycles. The van der Waals surface area contributed by atoms with Crippen LogP contribution in [0.2, 0.25) is 0 Å². The number of ether oxygens (including phenoxy) is 1. The van der Waals surface area contributed by atoms with Gasteiger partial charge >= 0.3 is 0 Å². The minimum absolute atomic E-state index is 0.709. The van der Waals surface area contributed by atoms with Crippen molar-refractivity contribution in [1.82, 2.24) is 10.2 Å². The average Bonchev–Trinajstić information content (AvgIpc) is 2.66. The van der Waals surface area contributed by atoms with Crippen molar-refractivity contribution < 1.29 is 4.74 Å². The molecule has 0 fully saturated rings. The molecule has 0 bridgehead atoms. The van der Waals surface area contributed by atoms with E-state index < -0.39 is 0 Å². The predicted molar refractivity (Wildman–Crippen MR) is 103 cm³/mol. The molecule has 0 aliphatic heterocycles. The Balaban J connectivity index is 1.83. The van der Waals surface area contributed by atoms with Gasteiger partial charge in [0.15, 0.2) is 0 Å². The number of nitrogens with zero attached hydrogens (tertiary/aromatic N) is 2. The highest BCUT2D eigenvalue weighted by atomic mass is 16.5. The quantitative estimate of drug-likeness (QED) is 0.467. The molecule has 2 aromatic rings. The fourth-order valence-corrected chi connectivity index (χ4v) is 2.46. The Morgan fingerprint density at radius 1 is 0.800 bits per heavy atom. The van der Waals surface area contributed by atoms with Crippen molar-refractivity contribution in [1.29, 1.82) is 0 Å². The SMILES string of the molecule is CCCCCCCc1ccc(C#Cc2ccc(OCCC)cc2)nn1. The van der Waals surface area contributed by atoms with Crippen LogP contribution in [0.3, 0.4) is 0 Å². The summed E-state index contributed by atoms with van der Waals surface area (Å²) >= 11 is 0. The van der Waals surface area contributed by atoms with Crippen LogP contribution >= 0.6 is 0 Å². The second-order valence-electron chi connectivity index (χ2n) is 6.20. The summed E-state index contributed by atoms with van der Waals surface area (Å²) in [4.78, 5) is 0. The molecule has 1 aromatic heterocycles. The molecular weight excluding hydrogens is 308 g/mol. The molecule has 0 aliphatic rings. The normalized spacial score (nSPS) is 10.2. The van der Waals surface area contributed by atoms with E-state index in [1.165, 1.54) is 32.1 Å². The van der Waals surface area contributed by atoms with E-state index in [1.54, 1.807) is 0 Å². The molecule has 0 atom stereocenters. The van der Waals surface area contributed by atoms with Gasteiger partial charge in [0, 0.05) is 5.56 Å². The van der Waals surface area contributed by atoms with Crippen LogP contribution in [0, 0.1) is 11.8 Å². The average molecular weight is 336 g/mol. The first-order chi connectivity index (χ1) is 12.3. The lowest BCUT2D eigenvalue weighted by Crippen LogP contribution is -1.95. The van der Waals surface area contributed by atoms with Crippen LogP contribution < -0.4 is 4.74 Å². The van der Waals surface area contributed by atoms with Crippen molar-refractivity contribution >= 4 is 0 Å². The van der Waals surface area contributed by atoms with Crippen LogP contribution in [-0.4, -0.2) is 16.8 Å². The molecule has 0 radical (unpaired) electrons. The highest BCUT2D eigenvalue weighted by Crippen LogP contribution is 2.12. The van der Waals surface area contributed by atoms with Crippen LogP contribution in [0.15, 0.2) is 36.4 Å². The maximum Gasteiger partial charge on any atom is 0.136 e. The molecule has 0 saturated carbocycles. The molecule has 1 heterocycles. The smallest absolute Gasteiger partial charge is 0.136 e. The number of aryl methyl sites for hydroxylation is 1. The second-order valence-corrected chi connectivity index (χ2v) is 6.20. The van der Waals surface area contributed by atoms with Crippen LogP contribution in [-0.2, 0) is 6.42 Å². The fraction of sp³-hybridized carbons (Fsp3) is 0.455. The lowest BCUT2D eigenvalue weighted by molar-refractivity contribution is 0.317. The Morgan fingerprint density at radius 3 is 2.28 bits per heavy atom. The molecule has 3 nitrogen and oxygen atoms in total. The van der Waals surface area contributed by atoms with Gasteiger partial charge < -0.3 is 4.74 Å². The van der Waals surface area contributed by atoms with Gasteiger partial charge in [0.2, 0.25) is 0 Å². The van der Waals surface area contributed by atoms with E-state index in [0.29, 0.717) is 5.69 Å². The summed E-state index contributed by atoms with van der Waals surface area (Å²) in [7, 11) is 0. The zero-order valence-electron chi connectivity index (χ0n) is 15.4. The minimum Gasteiger partial charge on any atom is -0.494 e. The molecule has 0 amide bonds. The van der Waals surface area contributed by atoms with E-state index in [0.717, 1.165) is 36.5 Å². The number of hydrogen-bond donors (Lipinski definition) is 0. The molecule has 0 unspecified atom stereocenters. The number of rotatable bonds is 9. The van der Waals surface area contributed by atoms with Crippen LogP contribution in [0.4, 0.5) is 0 Å². The first-order valence-electron chi connectivity index (χ1n) is 9.39. The molecule has 0 saturated heterocycles. The third-order valence-electron chi connectivity index (χ3n) is 3.92. The molecule has 132 valence electrons. The largest absolute Gasteiger partial charge is 0.494 e. The minimum atomic E-state index is 0.709. The van der Waals surface area contributed by atoms with Crippen molar-refractivity contribution in [2.75, 3.05) is 6.61 Å². The van der Waals surface area contributed by atoms with E-state index in [1.807, 2.05) is 36.4 Å². The Bertz CT molecular complexity index is 666. The summed E-state index contributed by atoms with van der Waals surface area (Å²) in [5, 5.41) is 8.50. The van der Waals surface area contributed by atoms with E-state index >= 15 is 0 Å². The first-order valence-corrected chi connectivity index (χ1v) is 9.39. The van der Waals surface area contributed by atoms with Gasteiger partial charge in [-0.1, -0.05) is 45.5 Å². The highest BCUT2D eigenvalue weighted by molar-refractivity contribution is 5.42. The molecule has 3 heteroatoms. The van der Waals surface area contributed by atoms with Crippen LogP contribution in [0.1, 0.15) is 69.3 Å². The van der Waals surface area contributed by atoms with Gasteiger partial charge in [-0.3, -0.25) is 0 Å². The van der Waals surface area contributed by atoms with E-state index in [9.17, 15) is 0 Å². The van der Waals surface area contributed by atoms with Crippen molar-refractivity contribution in [3.8, 4) is 17.6 Å². The van der Waals surface area contributed by atoms with E-state index in [4.69, 9.17) is 4.74 Å². The number of aromatic nitrogens is 2. The predicted octanol–water partition coefficient (Wildman–Crippen LogP) is 5.18. The molecular formula is C22H28N2O. The third-order valence-corrected chi connectivity index (χ3v) is 3.92. The maximum absolute atomic E-state index is 5.57. The second kappa shape index (κ2) is 11.3. The van der Waals surface area contributed by atoms with Crippen molar-refractivity contribution in [3.05, 3.63) is 53.3 Å². The summed E-state index contributed by atoms with van der Waals surface area (Å²) in [5.74, 6) is 7.08. The lowest BCUT2D eigenvalue weighted by Gasteiger charge is -2.03. The van der Waals surface area contributed by atoms with Crippen molar-refractivity contribution in [2.45, 2.75) is 58.8 Å². The Hall–Kier alpha value is -2.34. The van der Waals surface area contributed by atoms with Crippen molar-refractivity contribution in [2.24, 2.45) is 0 Å². The number of hydrogen-bond acceptors (Lipinski definition) is 3. The number of benzene rings is 1. The Morgan fingerprint density at radius 2 is 1.60 bits per heavy atom. The van der Waals surface area contributed by atoms with Gasteiger partial charge in [-0.15, -0.1) is 5.10 Å². The summed E-state index contributed by atoms with van der Waals surface area (Å²) in [6.07, 6.45) is 8.39. The van der Waals surface area contributed by atoms with Gasteiger partial charge in [-0.25, -0.2) is 0 Å². The monoisotopic (exact) mass is 336 g/mol. The van der Waals surface area contributed by atoms with Gasteiger partial charge in [0.1, 0.15) is 11.4 Å². The van der Waals surface area contributed by atoms with Crippen LogP contribution in [0.5, 0.6) is 5.75 Å². The molecule has 0 aliphatic carbocycles. The molecule has 0 spiro atoms. The molecule has 0 N–H and O–H groups in total. The lowest BCUT2D eigenvalue weighted by atomic mass is 10.1. The Kier molecular flexibility index (Phi) is 8.55. The standard InChI is InChI=1S/C22H28N2O/c1-3-5-6-7-8-9-20-14-15-21(24-23-20)13-10-19-11-16-22(17-12-19)25-18-4-2/h11-12,14-17H,3-9,18H2,1-2H3.